The van der Waals surface area contributed by atoms with E-state index in [9.17, 15) is 4.79 Å². The molecule has 1 amide bonds. The quantitative estimate of drug-likeness (QED) is 0.758. The molecule has 15 heavy (non-hydrogen) atoms. The summed E-state index contributed by atoms with van der Waals surface area (Å²) in [6, 6.07) is 3.23. The first-order valence-electron chi connectivity index (χ1n) is 4.85. The first kappa shape index (κ1) is 11.3. The number of nitrogens with zero attached hydrogens (tertiary/aromatic N) is 2. The first-order chi connectivity index (χ1) is 7.11. The fourth-order valence-electron chi connectivity index (χ4n) is 1.26. The molecule has 0 aromatic carbocycles. The van der Waals surface area contributed by atoms with E-state index >= 15 is 0 Å². The highest BCUT2D eigenvalue weighted by Crippen LogP contribution is 2.14. The van der Waals surface area contributed by atoms with Gasteiger partial charge in [0.05, 0.1) is 17.9 Å². The predicted molar refractivity (Wildman–Crippen MR) is 55.3 cm³/mol. The van der Waals surface area contributed by atoms with E-state index in [-0.39, 0.29) is 5.91 Å². The van der Waals surface area contributed by atoms with Crippen LogP contribution in [0.15, 0.2) is 16.7 Å². The second-order valence-corrected chi connectivity index (χ2v) is 3.33. The Morgan fingerprint density at radius 3 is 2.93 bits per heavy atom. The number of hydrogen-bond donors (Lipinski definition) is 0. The topological polar surface area (TPSA) is 57.2 Å². The van der Waals surface area contributed by atoms with Gasteiger partial charge in [-0.2, -0.15) is 5.26 Å². The standard InChI is InChI=1S/C11H14N2O2/c1-4-10-9(5-6-15-10)11(14)13(3)8(2)7-12/h5-6,8H,4H2,1-3H3. The highest BCUT2D eigenvalue weighted by atomic mass is 16.3. The molecule has 1 atom stereocenters. The molecule has 0 aliphatic heterocycles. The van der Waals surface area contributed by atoms with Gasteiger partial charge in [-0.15, -0.1) is 0 Å². The van der Waals surface area contributed by atoms with Gasteiger partial charge in [0.2, 0.25) is 0 Å². The average molecular weight is 206 g/mol. The summed E-state index contributed by atoms with van der Waals surface area (Å²) in [5, 5.41) is 8.71. The smallest absolute Gasteiger partial charge is 0.258 e. The zero-order valence-electron chi connectivity index (χ0n) is 9.15. The largest absolute Gasteiger partial charge is 0.469 e. The Hall–Kier alpha value is -1.76. The molecule has 1 heterocycles. The lowest BCUT2D eigenvalue weighted by Crippen LogP contribution is -2.34. The van der Waals surface area contributed by atoms with Gasteiger partial charge in [-0.25, -0.2) is 0 Å². The van der Waals surface area contributed by atoms with Crippen molar-refractivity contribution in [2.75, 3.05) is 7.05 Å². The molecule has 0 spiro atoms. The fraction of sp³-hybridized carbons (Fsp3) is 0.455. The summed E-state index contributed by atoms with van der Waals surface area (Å²) >= 11 is 0. The minimum atomic E-state index is -0.433. The molecular weight excluding hydrogens is 192 g/mol. The van der Waals surface area contributed by atoms with E-state index in [2.05, 4.69) is 0 Å². The van der Waals surface area contributed by atoms with Crippen LogP contribution in [0.2, 0.25) is 0 Å². The van der Waals surface area contributed by atoms with Crippen molar-refractivity contribution in [2.45, 2.75) is 26.3 Å². The van der Waals surface area contributed by atoms with Gasteiger partial charge in [0, 0.05) is 13.5 Å². The molecule has 0 aliphatic rings. The van der Waals surface area contributed by atoms with E-state index in [1.807, 2.05) is 13.0 Å². The minimum absolute atomic E-state index is 0.172. The van der Waals surface area contributed by atoms with Crippen LogP contribution in [0.5, 0.6) is 0 Å². The van der Waals surface area contributed by atoms with Crippen LogP contribution >= 0.6 is 0 Å². The minimum Gasteiger partial charge on any atom is -0.469 e. The first-order valence-corrected chi connectivity index (χ1v) is 4.85. The molecule has 0 saturated heterocycles. The third-order valence-electron chi connectivity index (χ3n) is 2.39. The van der Waals surface area contributed by atoms with Crippen LogP contribution in [0.4, 0.5) is 0 Å². The molecule has 0 radical (unpaired) electrons. The number of aryl methyl sites for hydroxylation is 1. The van der Waals surface area contributed by atoms with Crippen LogP contribution in [-0.4, -0.2) is 23.9 Å². The van der Waals surface area contributed by atoms with Gasteiger partial charge >= 0.3 is 0 Å². The Morgan fingerprint density at radius 2 is 2.40 bits per heavy atom. The van der Waals surface area contributed by atoms with E-state index in [0.29, 0.717) is 17.7 Å². The van der Waals surface area contributed by atoms with Crippen LogP contribution in [0.1, 0.15) is 30.0 Å². The summed E-state index contributed by atoms with van der Waals surface area (Å²) in [6.07, 6.45) is 2.17. The summed E-state index contributed by atoms with van der Waals surface area (Å²) in [4.78, 5) is 13.3. The molecule has 80 valence electrons. The second-order valence-electron chi connectivity index (χ2n) is 3.33. The molecule has 4 heteroatoms. The van der Waals surface area contributed by atoms with Crippen LogP contribution in [0, 0.1) is 11.3 Å². The molecule has 0 fully saturated rings. The van der Waals surface area contributed by atoms with E-state index < -0.39 is 6.04 Å². The number of furan rings is 1. The number of amides is 1. The second kappa shape index (κ2) is 4.65. The fourth-order valence-corrected chi connectivity index (χ4v) is 1.26. The number of hydrogen-bond acceptors (Lipinski definition) is 3. The van der Waals surface area contributed by atoms with Crippen molar-refractivity contribution in [1.29, 1.82) is 5.26 Å². The summed E-state index contributed by atoms with van der Waals surface area (Å²) < 4.78 is 5.17. The van der Waals surface area contributed by atoms with Crippen molar-refractivity contribution in [3.63, 3.8) is 0 Å². The maximum absolute atomic E-state index is 11.9. The lowest BCUT2D eigenvalue weighted by atomic mass is 10.2. The third-order valence-corrected chi connectivity index (χ3v) is 2.39. The van der Waals surface area contributed by atoms with Gasteiger partial charge in [0.1, 0.15) is 11.8 Å². The van der Waals surface area contributed by atoms with Crippen molar-refractivity contribution < 1.29 is 9.21 Å². The number of nitriles is 1. The molecule has 1 aromatic rings. The zero-order valence-corrected chi connectivity index (χ0v) is 9.15. The lowest BCUT2D eigenvalue weighted by Gasteiger charge is -2.18. The molecule has 1 rings (SSSR count). The summed E-state index contributed by atoms with van der Waals surface area (Å²) in [5.41, 5.74) is 0.544. The summed E-state index contributed by atoms with van der Waals surface area (Å²) in [6.45, 7) is 3.60. The van der Waals surface area contributed by atoms with Gasteiger partial charge in [-0.1, -0.05) is 6.92 Å². The Morgan fingerprint density at radius 1 is 1.73 bits per heavy atom. The lowest BCUT2D eigenvalue weighted by molar-refractivity contribution is 0.0771. The van der Waals surface area contributed by atoms with Crippen molar-refractivity contribution in [3.8, 4) is 6.07 Å². The Balaban J connectivity index is 2.91. The van der Waals surface area contributed by atoms with Gasteiger partial charge in [-0.05, 0) is 13.0 Å². The normalized spacial score (nSPS) is 11.9. The van der Waals surface area contributed by atoms with E-state index in [4.69, 9.17) is 9.68 Å². The molecule has 1 unspecified atom stereocenters. The van der Waals surface area contributed by atoms with E-state index in [1.165, 1.54) is 11.2 Å². The van der Waals surface area contributed by atoms with Gasteiger partial charge < -0.3 is 9.32 Å². The van der Waals surface area contributed by atoms with Crippen LogP contribution in [0.3, 0.4) is 0 Å². The van der Waals surface area contributed by atoms with E-state index in [1.54, 1.807) is 20.0 Å². The third kappa shape index (κ3) is 2.18. The monoisotopic (exact) mass is 206 g/mol. The van der Waals surface area contributed by atoms with Crippen molar-refractivity contribution in [3.05, 3.63) is 23.7 Å². The predicted octanol–water partition coefficient (Wildman–Crippen LogP) is 1.83. The van der Waals surface area contributed by atoms with Crippen LogP contribution < -0.4 is 0 Å². The number of rotatable bonds is 3. The maximum atomic E-state index is 11.9. The van der Waals surface area contributed by atoms with Gasteiger partial charge in [-0.3, -0.25) is 4.79 Å². The molecule has 0 N–H and O–H groups in total. The molecule has 1 aromatic heterocycles. The molecular formula is C11H14N2O2. The molecule has 0 aliphatic carbocycles. The van der Waals surface area contributed by atoms with Crippen molar-refractivity contribution >= 4 is 5.91 Å². The highest BCUT2D eigenvalue weighted by molar-refractivity contribution is 5.95. The summed E-state index contributed by atoms with van der Waals surface area (Å²) in [7, 11) is 1.61. The molecule has 0 bridgehead atoms. The van der Waals surface area contributed by atoms with Crippen LogP contribution in [-0.2, 0) is 6.42 Å². The molecule has 0 saturated carbocycles. The van der Waals surface area contributed by atoms with E-state index in [0.717, 1.165) is 0 Å². The summed E-state index contributed by atoms with van der Waals surface area (Å²) in [5.74, 6) is 0.492. The average Bonchev–Trinajstić information content (AvgIpc) is 2.73. The highest BCUT2D eigenvalue weighted by Gasteiger charge is 2.20. The Labute approximate surface area is 89.1 Å². The number of carbonyl (C=O) groups excluding carboxylic acids is 1. The SMILES string of the molecule is CCc1occc1C(=O)N(C)C(C)C#N. The van der Waals surface area contributed by atoms with Crippen LogP contribution in [0.25, 0.3) is 0 Å². The Bertz CT molecular complexity index is 390. The van der Waals surface area contributed by atoms with Crippen molar-refractivity contribution in [1.82, 2.24) is 4.90 Å². The van der Waals surface area contributed by atoms with Gasteiger partial charge in [0.25, 0.3) is 5.91 Å². The van der Waals surface area contributed by atoms with Crippen molar-refractivity contribution in [2.24, 2.45) is 0 Å². The Kier molecular flexibility index (Phi) is 3.51. The molecule has 4 nitrogen and oxygen atoms in total. The number of carbonyl (C=O) groups is 1. The maximum Gasteiger partial charge on any atom is 0.258 e. The van der Waals surface area contributed by atoms with Gasteiger partial charge in [0.15, 0.2) is 0 Å². The zero-order chi connectivity index (χ0) is 11.4.